The smallest absolute Gasteiger partial charge is 0.231 e. The molecule has 15 heavy (non-hydrogen) atoms. The summed E-state index contributed by atoms with van der Waals surface area (Å²) in [6, 6.07) is 1.98. The lowest BCUT2D eigenvalue weighted by Crippen LogP contribution is -2.09. The molecule has 1 aromatic carbocycles. The summed E-state index contributed by atoms with van der Waals surface area (Å²) in [7, 11) is 0. The molecule has 80 valence electrons. The molecule has 0 amide bonds. The van der Waals surface area contributed by atoms with Crippen LogP contribution in [0.4, 0.5) is 0 Å². The number of rotatable bonds is 1. The molecule has 1 saturated carbocycles. The van der Waals surface area contributed by atoms with E-state index >= 15 is 0 Å². The maximum Gasteiger partial charge on any atom is 0.231 e. The Kier molecular flexibility index (Phi) is 1.61. The zero-order valence-corrected chi connectivity index (χ0v) is 8.96. The molecule has 0 aromatic heterocycles. The van der Waals surface area contributed by atoms with Crippen LogP contribution in [0.5, 0.6) is 11.5 Å². The van der Waals surface area contributed by atoms with Crippen LogP contribution in [-0.4, -0.2) is 11.9 Å². The molecule has 0 saturated heterocycles. The van der Waals surface area contributed by atoms with Gasteiger partial charge in [-0.1, -0.05) is 0 Å². The van der Waals surface area contributed by atoms with Gasteiger partial charge in [0.25, 0.3) is 0 Å². The number of aliphatic hydroxyl groups is 1. The van der Waals surface area contributed by atoms with E-state index in [4.69, 9.17) is 9.47 Å². The Balaban J connectivity index is 2.26. The number of benzene rings is 1. The van der Waals surface area contributed by atoms with Crippen molar-refractivity contribution in [2.75, 3.05) is 6.79 Å². The highest BCUT2D eigenvalue weighted by molar-refractivity contribution is 5.58. The second-order valence-electron chi connectivity index (χ2n) is 4.46. The third kappa shape index (κ3) is 1.16. The van der Waals surface area contributed by atoms with Crippen LogP contribution in [0.25, 0.3) is 0 Å². The molecular weight excluding hydrogens is 192 g/mol. The first kappa shape index (κ1) is 9.04. The predicted molar refractivity (Wildman–Crippen MR) is 55.2 cm³/mol. The van der Waals surface area contributed by atoms with Crippen molar-refractivity contribution in [1.82, 2.24) is 0 Å². The second-order valence-corrected chi connectivity index (χ2v) is 4.46. The molecule has 3 heteroatoms. The number of aryl methyl sites for hydroxylation is 1. The lowest BCUT2D eigenvalue weighted by Gasteiger charge is -2.16. The van der Waals surface area contributed by atoms with Gasteiger partial charge in [0.1, 0.15) is 0 Å². The summed E-state index contributed by atoms with van der Waals surface area (Å²) in [6.45, 7) is 4.33. The fourth-order valence-electron chi connectivity index (χ4n) is 2.19. The summed E-state index contributed by atoms with van der Waals surface area (Å²) in [4.78, 5) is 0. The van der Waals surface area contributed by atoms with Crippen LogP contribution in [-0.2, 0) is 5.60 Å². The highest BCUT2D eigenvalue weighted by atomic mass is 16.7. The maximum absolute atomic E-state index is 10.2. The highest BCUT2D eigenvalue weighted by Gasteiger charge is 2.47. The third-order valence-electron chi connectivity index (χ3n) is 3.37. The molecular formula is C12H14O3. The van der Waals surface area contributed by atoms with E-state index < -0.39 is 5.60 Å². The molecule has 0 atom stereocenters. The number of ether oxygens (including phenoxy) is 2. The molecule has 3 nitrogen and oxygen atoms in total. The summed E-state index contributed by atoms with van der Waals surface area (Å²) < 4.78 is 10.8. The van der Waals surface area contributed by atoms with E-state index in [9.17, 15) is 5.11 Å². The Morgan fingerprint density at radius 1 is 1.27 bits per heavy atom. The Morgan fingerprint density at radius 3 is 2.67 bits per heavy atom. The minimum atomic E-state index is -0.659. The zero-order chi connectivity index (χ0) is 10.6. The van der Waals surface area contributed by atoms with Crippen LogP contribution in [0.1, 0.15) is 29.5 Å². The fourth-order valence-corrected chi connectivity index (χ4v) is 2.19. The van der Waals surface area contributed by atoms with Gasteiger partial charge >= 0.3 is 0 Å². The van der Waals surface area contributed by atoms with E-state index in [0.717, 1.165) is 41.0 Å². The average molecular weight is 206 g/mol. The lowest BCUT2D eigenvalue weighted by molar-refractivity contribution is 0.139. The van der Waals surface area contributed by atoms with Crippen LogP contribution in [0.2, 0.25) is 0 Å². The number of hydrogen-bond donors (Lipinski definition) is 1. The molecule has 1 aliphatic carbocycles. The first-order valence-electron chi connectivity index (χ1n) is 5.24. The van der Waals surface area contributed by atoms with Gasteiger partial charge in [0.15, 0.2) is 11.5 Å². The van der Waals surface area contributed by atoms with Gasteiger partial charge in [0.2, 0.25) is 6.79 Å². The van der Waals surface area contributed by atoms with Crippen LogP contribution in [0.15, 0.2) is 6.07 Å². The summed E-state index contributed by atoms with van der Waals surface area (Å²) in [5.41, 5.74) is 2.55. The lowest BCUT2D eigenvalue weighted by atomic mass is 9.96. The highest BCUT2D eigenvalue weighted by Crippen LogP contribution is 2.54. The summed E-state index contributed by atoms with van der Waals surface area (Å²) >= 11 is 0. The van der Waals surface area contributed by atoms with Crippen LogP contribution in [0.3, 0.4) is 0 Å². The second kappa shape index (κ2) is 2.67. The summed E-state index contributed by atoms with van der Waals surface area (Å²) in [5.74, 6) is 1.52. The van der Waals surface area contributed by atoms with Crippen molar-refractivity contribution in [3.63, 3.8) is 0 Å². The first-order chi connectivity index (χ1) is 7.12. The minimum Gasteiger partial charge on any atom is -0.454 e. The van der Waals surface area contributed by atoms with Crippen molar-refractivity contribution >= 4 is 0 Å². The van der Waals surface area contributed by atoms with Crippen molar-refractivity contribution in [3.05, 3.63) is 22.8 Å². The van der Waals surface area contributed by atoms with Crippen LogP contribution < -0.4 is 9.47 Å². The van der Waals surface area contributed by atoms with Gasteiger partial charge in [-0.3, -0.25) is 0 Å². The molecule has 0 bridgehead atoms. The van der Waals surface area contributed by atoms with Gasteiger partial charge in [0, 0.05) is 5.56 Å². The monoisotopic (exact) mass is 206 g/mol. The fraction of sp³-hybridized carbons (Fsp3) is 0.500. The molecule has 1 fully saturated rings. The van der Waals surface area contributed by atoms with E-state index in [0.29, 0.717) is 0 Å². The Bertz CT molecular complexity index is 433. The van der Waals surface area contributed by atoms with Crippen molar-refractivity contribution in [2.24, 2.45) is 0 Å². The largest absolute Gasteiger partial charge is 0.454 e. The summed E-state index contributed by atoms with van der Waals surface area (Å²) in [5, 5.41) is 10.2. The quantitative estimate of drug-likeness (QED) is 0.764. The summed E-state index contributed by atoms with van der Waals surface area (Å²) in [6.07, 6.45) is 1.65. The van der Waals surface area contributed by atoms with Crippen molar-refractivity contribution in [1.29, 1.82) is 0 Å². The Labute approximate surface area is 88.6 Å². The average Bonchev–Trinajstić information content (AvgIpc) is 2.76. The van der Waals surface area contributed by atoms with Crippen molar-refractivity contribution in [2.45, 2.75) is 32.3 Å². The van der Waals surface area contributed by atoms with Gasteiger partial charge in [0.05, 0.1) is 5.60 Å². The minimum absolute atomic E-state index is 0.265. The van der Waals surface area contributed by atoms with E-state index in [2.05, 4.69) is 0 Å². The molecule has 1 N–H and O–H groups in total. The molecule has 1 heterocycles. The molecule has 0 unspecified atom stereocenters. The standard InChI is InChI=1S/C12H14O3/c1-7-5-9-11(15-6-14-9)10(8(7)2)12(13)3-4-12/h5,13H,3-4,6H2,1-2H3. The molecule has 3 rings (SSSR count). The topological polar surface area (TPSA) is 38.7 Å². The Morgan fingerprint density at radius 2 is 2.00 bits per heavy atom. The van der Waals surface area contributed by atoms with Crippen LogP contribution >= 0.6 is 0 Å². The molecule has 1 aromatic rings. The van der Waals surface area contributed by atoms with Crippen molar-refractivity contribution in [3.8, 4) is 11.5 Å². The van der Waals surface area contributed by atoms with Gasteiger partial charge in [-0.05, 0) is 43.9 Å². The zero-order valence-electron chi connectivity index (χ0n) is 8.96. The first-order valence-corrected chi connectivity index (χ1v) is 5.24. The van der Waals surface area contributed by atoms with Crippen LogP contribution in [0, 0.1) is 13.8 Å². The van der Waals surface area contributed by atoms with Crippen molar-refractivity contribution < 1.29 is 14.6 Å². The van der Waals surface area contributed by atoms with Gasteiger partial charge in [-0.2, -0.15) is 0 Å². The maximum atomic E-state index is 10.2. The van der Waals surface area contributed by atoms with E-state index in [1.54, 1.807) is 0 Å². The molecule has 2 aliphatic rings. The van der Waals surface area contributed by atoms with E-state index in [1.807, 2.05) is 19.9 Å². The number of hydrogen-bond acceptors (Lipinski definition) is 3. The van der Waals surface area contributed by atoms with Gasteiger partial charge in [-0.15, -0.1) is 0 Å². The molecule has 1 aliphatic heterocycles. The van der Waals surface area contributed by atoms with Gasteiger partial charge in [-0.25, -0.2) is 0 Å². The normalized spacial score (nSPS) is 20.5. The molecule has 0 radical (unpaired) electrons. The van der Waals surface area contributed by atoms with E-state index in [1.165, 1.54) is 0 Å². The molecule has 0 spiro atoms. The van der Waals surface area contributed by atoms with Gasteiger partial charge < -0.3 is 14.6 Å². The predicted octanol–water partition coefficient (Wildman–Crippen LogP) is 2.01. The Hall–Kier alpha value is -1.22. The SMILES string of the molecule is Cc1cc2c(c(C3(O)CC3)c1C)OCO2. The number of fused-ring (bicyclic) bond motifs is 1. The van der Waals surface area contributed by atoms with E-state index in [-0.39, 0.29) is 6.79 Å². The third-order valence-corrected chi connectivity index (χ3v) is 3.37.